The Bertz CT molecular complexity index is 107. The topological polar surface area (TPSA) is 0 Å². The Morgan fingerprint density at radius 3 is 2.50 bits per heavy atom. The van der Waals surface area contributed by atoms with Gasteiger partial charge in [-0.3, -0.25) is 0 Å². The molecule has 0 N–H and O–H groups in total. The van der Waals surface area contributed by atoms with E-state index in [1.165, 1.54) is 11.8 Å². The maximum absolute atomic E-state index is 2.43. The molecule has 1 rings (SSSR count). The average Bonchev–Trinajstić information content (AvgIpc) is 1.65. The van der Waals surface area contributed by atoms with E-state index >= 15 is 0 Å². The highest BCUT2D eigenvalue weighted by Crippen LogP contribution is 2.22. The van der Waals surface area contributed by atoms with Crippen LogP contribution in [0.2, 0.25) is 19.1 Å². The van der Waals surface area contributed by atoms with E-state index in [2.05, 4.69) is 24.2 Å². The molecule has 0 aromatic heterocycles. The second-order valence-electron chi connectivity index (χ2n) is 2.91. The average molecular weight is 144 g/mol. The summed E-state index contributed by atoms with van der Waals surface area (Å²) in [6.07, 6.45) is 0. The van der Waals surface area contributed by atoms with Gasteiger partial charge in [0.1, 0.15) is 0 Å². The lowest BCUT2D eigenvalue weighted by Gasteiger charge is -2.19. The Hall–Kier alpha value is 0.307. The zero-order valence-corrected chi connectivity index (χ0v) is 7.29. The molecule has 0 aromatic rings. The molecule has 0 atom stereocenters. The quantitative estimate of drug-likeness (QED) is 0.471. The van der Waals surface area contributed by atoms with Crippen molar-refractivity contribution in [2.75, 3.05) is 5.75 Å². The van der Waals surface area contributed by atoms with Gasteiger partial charge in [0.2, 0.25) is 0 Å². The molecule has 0 aliphatic carbocycles. The molecule has 0 radical (unpaired) electrons. The van der Waals surface area contributed by atoms with Crippen LogP contribution >= 0.6 is 11.8 Å². The summed E-state index contributed by atoms with van der Waals surface area (Å²) in [4.78, 5) is 0. The van der Waals surface area contributed by atoms with Crippen molar-refractivity contribution in [3.63, 3.8) is 0 Å². The molecule has 0 aromatic carbocycles. The van der Waals surface area contributed by atoms with Gasteiger partial charge in [0.15, 0.2) is 0 Å². The molecular formula is C6H12SSi. The standard InChI is InChI=1S/C6H12SSi/c1-8(2)5-3-7-4-6-8/h3,5H,4,6H2,1-2H3. The first kappa shape index (κ1) is 6.43. The van der Waals surface area contributed by atoms with E-state index in [1.807, 2.05) is 11.8 Å². The van der Waals surface area contributed by atoms with Crippen molar-refractivity contribution in [3.05, 3.63) is 11.1 Å². The Morgan fingerprint density at radius 1 is 1.50 bits per heavy atom. The van der Waals surface area contributed by atoms with Gasteiger partial charge >= 0.3 is 0 Å². The summed E-state index contributed by atoms with van der Waals surface area (Å²) in [6.45, 7) is 4.84. The van der Waals surface area contributed by atoms with Crippen molar-refractivity contribution < 1.29 is 0 Å². The minimum atomic E-state index is -0.792. The molecule has 1 aliphatic heterocycles. The van der Waals surface area contributed by atoms with Crippen LogP contribution in [-0.2, 0) is 0 Å². The van der Waals surface area contributed by atoms with Crippen molar-refractivity contribution in [2.24, 2.45) is 0 Å². The first-order valence-electron chi connectivity index (χ1n) is 3.00. The monoisotopic (exact) mass is 144 g/mol. The van der Waals surface area contributed by atoms with E-state index in [9.17, 15) is 0 Å². The highest BCUT2D eigenvalue weighted by Gasteiger charge is 2.18. The number of rotatable bonds is 0. The van der Waals surface area contributed by atoms with Crippen LogP contribution in [0, 0.1) is 0 Å². The Balaban J connectivity index is 2.56. The van der Waals surface area contributed by atoms with Crippen molar-refractivity contribution in [1.82, 2.24) is 0 Å². The molecular weight excluding hydrogens is 132 g/mol. The van der Waals surface area contributed by atoms with Crippen LogP contribution in [0.3, 0.4) is 0 Å². The fourth-order valence-corrected chi connectivity index (χ4v) is 5.44. The van der Waals surface area contributed by atoms with Gasteiger partial charge in [0, 0.05) is 0 Å². The minimum Gasteiger partial charge on any atom is -0.135 e. The largest absolute Gasteiger partial charge is 0.135 e. The van der Waals surface area contributed by atoms with E-state index in [0.29, 0.717) is 0 Å². The first-order chi connectivity index (χ1) is 3.71. The SMILES string of the molecule is C[Si]1(C)C=CSCC1. The molecule has 0 amide bonds. The molecule has 0 saturated carbocycles. The molecule has 0 fully saturated rings. The molecule has 0 nitrogen and oxygen atoms in total. The second kappa shape index (κ2) is 2.27. The third-order valence-electron chi connectivity index (χ3n) is 1.48. The van der Waals surface area contributed by atoms with Gasteiger partial charge in [-0.15, -0.1) is 11.8 Å². The zero-order chi connectivity index (χ0) is 6.04. The summed E-state index contributed by atoms with van der Waals surface area (Å²) in [5, 5.41) is 2.27. The molecule has 1 aliphatic rings. The molecule has 1 heterocycles. The molecule has 0 saturated heterocycles. The lowest BCUT2D eigenvalue weighted by atomic mass is 10.9. The van der Waals surface area contributed by atoms with E-state index in [0.717, 1.165) is 0 Å². The third kappa shape index (κ3) is 1.67. The molecule has 46 valence electrons. The van der Waals surface area contributed by atoms with Crippen molar-refractivity contribution in [1.29, 1.82) is 0 Å². The second-order valence-corrected chi connectivity index (χ2v) is 8.74. The van der Waals surface area contributed by atoms with Gasteiger partial charge < -0.3 is 0 Å². The van der Waals surface area contributed by atoms with E-state index in [-0.39, 0.29) is 0 Å². The predicted molar refractivity (Wildman–Crippen MR) is 43.9 cm³/mol. The van der Waals surface area contributed by atoms with Gasteiger partial charge in [-0.05, 0) is 17.2 Å². The van der Waals surface area contributed by atoms with Crippen molar-refractivity contribution in [3.8, 4) is 0 Å². The fraction of sp³-hybridized carbons (Fsp3) is 0.667. The predicted octanol–water partition coefficient (Wildman–Crippen LogP) is 2.49. The Labute approximate surface area is 56.4 Å². The number of hydrogen-bond acceptors (Lipinski definition) is 1. The van der Waals surface area contributed by atoms with E-state index in [4.69, 9.17) is 0 Å². The van der Waals surface area contributed by atoms with Crippen molar-refractivity contribution in [2.45, 2.75) is 19.1 Å². The fourth-order valence-electron chi connectivity index (χ4n) is 0.706. The molecule has 0 unspecified atom stereocenters. The maximum atomic E-state index is 2.43. The van der Waals surface area contributed by atoms with Crippen LogP contribution in [0.1, 0.15) is 0 Å². The van der Waals surface area contributed by atoms with Gasteiger partial charge in [0.25, 0.3) is 0 Å². The number of hydrogen-bond donors (Lipinski definition) is 0. The summed E-state index contributed by atoms with van der Waals surface area (Å²) in [6, 6.07) is 1.47. The lowest BCUT2D eigenvalue weighted by molar-refractivity contribution is 1.39. The molecule has 0 bridgehead atoms. The Morgan fingerprint density at radius 2 is 2.25 bits per heavy atom. The molecule has 8 heavy (non-hydrogen) atoms. The number of thioether (sulfide) groups is 1. The smallest absolute Gasteiger partial charge is 0.0732 e. The summed E-state index contributed by atoms with van der Waals surface area (Å²) in [7, 11) is -0.792. The van der Waals surface area contributed by atoms with E-state index < -0.39 is 8.07 Å². The summed E-state index contributed by atoms with van der Waals surface area (Å²) >= 11 is 1.95. The van der Waals surface area contributed by atoms with Crippen molar-refractivity contribution >= 4 is 19.8 Å². The minimum absolute atomic E-state index is 0.792. The van der Waals surface area contributed by atoms with Crippen LogP contribution < -0.4 is 0 Å². The summed E-state index contributed by atoms with van der Waals surface area (Å²) in [5.41, 5.74) is 2.43. The lowest BCUT2D eigenvalue weighted by Crippen LogP contribution is -2.24. The van der Waals surface area contributed by atoms with Gasteiger partial charge in [0.05, 0.1) is 8.07 Å². The van der Waals surface area contributed by atoms with Crippen LogP contribution in [0.15, 0.2) is 11.1 Å². The van der Waals surface area contributed by atoms with E-state index in [1.54, 1.807) is 0 Å². The highest BCUT2D eigenvalue weighted by molar-refractivity contribution is 8.02. The molecule has 2 heteroatoms. The third-order valence-corrected chi connectivity index (χ3v) is 5.46. The first-order valence-corrected chi connectivity index (χ1v) is 7.33. The highest BCUT2D eigenvalue weighted by atomic mass is 32.2. The zero-order valence-electron chi connectivity index (χ0n) is 5.48. The normalized spacial score (nSPS) is 25.8. The van der Waals surface area contributed by atoms with Gasteiger partial charge in [-0.1, -0.05) is 18.8 Å². The summed E-state index contributed by atoms with van der Waals surface area (Å²) in [5.74, 6) is 1.36. The van der Waals surface area contributed by atoms with Crippen LogP contribution in [0.25, 0.3) is 0 Å². The summed E-state index contributed by atoms with van der Waals surface area (Å²) < 4.78 is 0. The maximum Gasteiger partial charge on any atom is 0.0732 e. The van der Waals surface area contributed by atoms with Crippen LogP contribution in [0.4, 0.5) is 0 Å². The van der Waals surface area contributed by atoms with Gasteiger partial charge in [-0.25, -0.2) is 0 Å². The van der Waals surface area contributed by atoms with Crippen LogP contribution in [-0.4, -0.2) is 13.8 Å². The van der Waals surface area contributed by atoms with Crippen LogP contribution in [0.5, 0.6) is 0 Å². The Kier molecular flexibility index (Phi) is 1.83. The van der Waals surface area contributed by atoms with Gasteiger partial charge in [-0.2, -0.15) is 0 Å². The molecule has 0 spiro atoms.